The first-order valence-electron chi connectivity index (χ1n) is 8.93. The van der Waals surface area contributed by atoms with Gasteiger partial charge in [-0.2, -0.15) is 5.10 Å². The maximum Gasteiger partial charge on any atom is 0.273 e. The number of nitrogens with zero attached hydrogens (tertiary/aromatic N) is 4. The van der Waals surface area contributed by atoms with E-state index in [2.05, 4.69) is 15.3 Å². The fraction of sp³-hybridized carbons (Fsp3) is 0.368. The third kappa shape index (κ3) is 3.58. The molecule has 0 aromatic carbocycles. The molecule has 0 atom stereocenters. The van der Waals surface area contributed by atoms with Gasteiger partial charge in [0.2, 0.25) is 0 Å². The highest BCUT2D eigenvalue weighted by atomic mass is 16.2. The third-order valence-corrected chi connectivity index (χ3v) is 4.74. The quantitative estimate of drug-likeness (QED) is 0.752. The van der Waals surface area contributed by atoms with Gasteiger partial charge in [-0.25, -0.2) is 0 Å². The van der Waals surface area contributed by atoms with Gasteiger partial charge >= 0.3 is 0 Å². The molecular formula is C19H23N5O. The van der Waals surface area contributed by atoms with Crippen molar-refractivity contribution in [2.75, 3.05) is 25.0 Å². The summed E-state index contributed by atoms with van der Waals surface area (Å²) < 4.78 is 3.78. The number of rotatable bonds is 6. The number of aromatic nitrogens is 3. The third-order valence-electron chi connectivity index (χ3n) is 4.74. The van der Waals surface area contributed by atoms with Crippen molar-refractivity contribution < 1.29 is 4.79 Å². The highest BCUT2D eigenvalue weighted by Gasteiger charge is 2.13. The van der Waals surface area contributed by atoms with Crippen molar-refractivity contribution in [3.8, 4) is 0 Å². The standard InChI is InChI=1S/C19H23N5O/c25-19(17-8-7-16-6-1-2-14-24(16)17)20-18-9-15-23(21-18)13-5-12-22-10-3-4-11-22/h1-2,6-9,14-15H,3-5,10-13H2,(H,20,21,25). The first-order valence-corrected chi connectivity index (χ1v) is 8.93. The summed E-state index contributed by atoms with van der Waals surface area (Å²) in [6, 6.07) is 11.5. The molecule has 1 N–H and O–H groups in total. The number of pyridine rings is 1. The molecule has 4 heterocycles. The molecule has 0 bridgehead atoms. The lowest BCUT2D eigenvalue weighted by atomic mass is 10.4. The molecule has 0 unspecified atom stereocenters. The van der Waals surface area contributed by atoms with E-state index in [4.69, 9.17) is 0 Å². The fourth-order valence-corrected chi connectivity index (χ4v) is 3.44. The van der Waals surface area contributed by atoms with E-state index in [0.29, 0.717) is 11.5 Å². The molecule has 0 spiro atoms. The molecule has 6 heteroatoms. The molecule has 1 saturated heterocycles. The Morgan fingerprint density at radius 3 is 2.80 bits per heavy atom. The lowest BCUT2D eigenvalue weighted by molar-refractivity contribution is 0.102. The van der Waals surface area contributed by atoms with E-state index in [1.165, 1.54) is 25.9 Å². The van der Waals surface area contributed by atoms with Gasteiger partial charge in [-0.1, -0.05) is 6.07 Å². The Morgan fingerprint density at radius 2 is 1.92 bits per heavy atom. The number of carbonyl (C=O) groups is 1. The van der Waals surface area contributed by atoms with Crippen LogP contribution >= 0.6 is 0 Å². The Kier molecular flexibility index (Phi) is 4.52. The van der Waals surface area contributed by atoms with Crippen LogP contribution in [0.2, 0.25) is 0 Å². The molecule has 1 aliphatic rings. The van der Waals surface area contributed by atoms with E-state index in [1.54, 1.807) is 0 Å². The summed E-state index contributed by atoms with van der Waals surface area (Å²) in [4.78, 5) is 15.0. The zero-order valence-electron chi connectivity index (χ0n) is 14.3. The van der Waals surface area contributed by atoms with Crippen LogP contribution in [0.15, 0.2) is 48.8 Å². The molecule has 0 aliphatic carbocycles. The summed E-state index contributed by atoms with van der Waals surface area (Å²) in [7, 11) is 0. The minimum atomic E-state index is -0.145. The molecule has 0 saturated carbocycles. The van der Waals surface area contributed by atoms with E-state index in [0.717, 1.165) is 25.0 Å². The van der Waals surface area contributed by atoms with Crippen molar-refractivity contribution in [2.24, 2.45) is 0 Å². The van der Waals surface area contributed by atoms with Crippen LogP contribution < -0.4 is 5.32 Å². The van der Waals surface area contributed by atoms with Crippen molar-refractivity contribution >= 4 is 17.2 Å². The lowest BCUT2D eigenvalue weighted by Gasteiger charge is -2.13. The second-order valence-electron chi connectivity index (χ2n) is 6.53. The lowest BCUT2D eigenvalue weighted by Crippen LogP contribution is -2.21. The predicted molar refractivity (Wildman–Crippen MR) is 97.9 cm³/mol. The van der Waals surface area contributed by atoms with Crippen molar-refractivity contribution in [1.29, 1.82) is 0 Å². The number of aryl methyl sites for hydroxylation is 1. The Morgan fingerprint density at radius 1 is 1.04 bits per heavy atom. The first kappa shape index (κ1) is 15.9. The Hall–Kier alpha value is -2.60. The molecule has 4 rings (SSSR count). The maximum absolute atomic E-state index is 12.5. The second-order valence-corrected chi connectivity index (χ2v) is 6.53. The van der Waals surface area contributed by atoms with Gasteiger partial charge in [0.1, 0.15) is 5.69 Å². The number of anilines is 1. The van der Waals surface area contributed by atoms with Crippen LogP contribution in [0.4, 0.5) is 5.82 Å². The Balaban J connectivity index is 1.35. The van der Waals surface area contributed by atoms with E-state index >= 15 is 0 Å². The van der Waals surface area contributed by atoms with Crippen LogP contribution in [-0.2, 0) is 6.54 Å². The molecule has 1 aliphatic heterocycles. The molecule has 3 aromatic rings. The first-order chi connectivity index (χ1) is 12.3. The van der Waals surface area contributed by atoms with Gasteiger partial charge in [-0.3, -0.25) is 9.48 Å². The highest BCUT2D eigenvalue weighted by molar-refractivity contribution is 6.03. The Bertz CT molecular complexity index is 859. The number of likely N-dealkylation sites (tertiary alicyclic amines) is 1. The van der Waals surface area contributed by atoms with E-state index < -0.39 is 0 Å². The summed E-state index contributed by atoms with van der Waals surface area (Å²) in [6.07, 6.45) is 7.55. The van der Waals surface area contributed by atoms with E-state index in [1.807, 2.05) is 57.9 Å². The summed E-state index contributed by atoms with van der Waals surface area (Å²) >= 11 is 0. The summed E-state index contributed by atoms with van der Waals surface area (Å²) in [5.41, 5.74) is 1.61. The normalized spacial score (nSPS) is 15.0. The van der Waals surface area contributed by atoms with Gasteiger partial charge in [0.25, 0.3) is 5.91 Å². The number of carbonyl (C=O) groups excluding carboxylic acids is 1. The van der Waals surface area contributed by atoms with Gasteiger partial charge in [0.15, 0.2) is 5.82 Å². The Labute approximate surface area is 147 Å². The number of fused-ring (bicyclic) bond motifs is 1. The van der Waals surface area contributed by atoms with Crippen LogP contribution in [0.5, 0.6) is 0 Å². The molecule has 1 amide bonds. The topological polar surface area (TPSA) is 54.6 Å². The number of hydrogen-bond acceptors (Lipinski definition) is 3. The van der Waals surface area contributed by atoms with E-state index in [-0.39, 0.29) is 5.91 Å². The minimum absolute atomic E-state index is 0.145. The average molecular weight is 337 g/mol. The van der Waals surface area contributed by atoms with Gasteiger partial charge < -0.3 is 14.6 Å². The number of hydrogen-bond donors (Lipinski definition) is 1. The van der Waals surface area contributed by atoms with Crippen LogP contribution in [0.25, 0.3) is 5.52 Å². The number of amides is 1. The van der Waals surface area contributed by atoms with Gasteiger partial charge in [-0.05, 0) is 63.2 Å². The molecule has 130 valence electrons. The molecule has 3 aromatic heterocycles. The SMILES string of the molecule is O=C(Nc1ccn(CCCN2CCCC2)n1)c1ccc2ccccn12. The molecular weight excluding hydrogens is 314 g/mol. The van der Waals surface area contributed by atoms with Crippen molar-refractivity contribution in [3.05, 3.63) is 54.5 Å². The smallest absolute Gasteiger partial charge is 0.273 e. The van der Waals surface area contributed by atoms with Gasteiger partial charge in [0, 0.05) is 30.5 Å². The van der Waals surface area contributed by atoms with Crippen molar-refractivity contribution in [2.45, 2.75) is 25.8 Å². The van der Waals surface area contributed by atoms with Crippen LogP contribution in [0, 0.1) is 0 Å². The maximum atomic E-state index is 12.5. The average Bonchev–Trinajstić information content (AvgIpc) is 3.35. The summed E-state index contributed by atoms with van der Waals surface area (Å²) in [6.45, 7) is 4.45. The minimum Gasteiger partial charge on any atom is -0.312 e. The molecule has 25 heavy (non-hydrogen) atoms. The summed E-state index contributed by atoms with van der Waals surface area (Å²) in [5.74, 6) is 0.450. The molecule has 0 radical (unpaired) electrons. The van der Waals surface area contributed by atoms with Crippen LogP contribution in [-0.4, -0.2) is 44.6 Å². The second kappa shape index (κ2) is 7.11. The van der Waals surface area contributed by atoms with Crippen LogP contribution in [0.3, 0.4) is 0 Å². The summed E-state index contributed by atoms with van der Waals surface area (Å²) in [5, 5.41) is 7.35. The fourth-order valence-electron chi connectivity index (χ4n) is 3.44. The van der Waals surface area contributed by atoms with Gasteiger partial charge in [0.05, 0.1) is 0 Å². The molecule has 6 nitrogen and oxygen atoms in total. The zero-order chi connectivity index (χ0) is 17.1. The van der Waals surface area contributed by atoms with Crippen molar-refractivity contribution in [3.63, 3.8) is 0 Å². The zero-order valence-corrected chi connectivity index (χ0v) is 14.3. The van der Waals surface area contributed by atoms with Crippen molar-refractivity contribution in [1.82, 2.24) is 19.1 Å². The van der Waals surface area contributed by atoms with Crippen LogP contribution in [0.1, 0.15) is 29.8 Å². The van der Waals surface area contributed by atoms with E-state index in [9.17, 15) is 4.79 Å². The predicted octanol–water partition coefficient (Wildman–Crippen LogP) is 2.87. The largest absolute Gasteiger partial charge is 0.312 e. The monoisotopic (exact) mass is 337 g/mol. The molecule has 1 fully saturated rings. The highest BCUT2D eigenvalue weighted by Crippen LogP contribution is 2.13. The number of nitrogens with one attached hydrogen (secondary N) is 1. The van der Waals surface area contributed by atoms with Gasteiger partial charge in [-0.15, -0.1) is 0 Å².